The summed E-state index contributed by atoms with van der Waals surface area (Å²) >= 11 is 0. The zero-order chi connectivity index (χ0) is 24.6. The molecule has 1 aliphatic heterocycles. The second kappa shape index (κ2) is 8.84. The Hall–Kier alpha value is -4.66. The molecule has 0 bridgehead atoms. The van der Waals surface area contributed by atoms with Crippen molar-refractivity contribution in [2.45, 2.75) is 32.9 Å². The Morgan fingerprint density at radius 1 is 1.00 bits per heavy atom. The third-order valence-corrected chi connectivity index (χ3v) is 6.31. The molecule has 0 radical (unpaired) electrons. The Kier molecular flexibility index (Phi) is 5.37. The van der Waals surface area contributed by atoms with Crippen molar-refractivity contribution < 1.29 is 9.53 Å². The van der Waals surface area contributed by atoms with Gasteiger partial charge in [0.15, 0.2) is 5.65 Å². The number of amides is 1. The van der Waals surface area contributed by atoms with Crippen LogP contribution in [0.15, 0.2) is 67.3 Å². The molecule has 6 rings (SSSR count). The molecule has 0 saturated heterocycles. The molecule has 0 spiro atoms. The molecule has 1 amide bonds. The smallest absolute Gasteiger partial charge is 0.412 e. The number of nitrogens with one attached hydrogen (secondary N) is 1. The fourth-order valence-corrected chi connectivity index (χ4v) is 4.58. The van der Waals surface area contributed by atoms with Gasteiger partial charge in [0.25, 0.3) is 0 Å². The highest BCUT2D eigenvalue weighted by Gasteiger charge is 2.28. The number of benzene rings is 2. The van der Waals surface area contributed by atoms with E-state index in [1.54, 1.807) is 18.7 Å². The number of imidazole rings is 1. The molecule has 1 N–H and O–H groups in total. The van der Waals surface area contributed by atoms with E-state index >= 15 is 0 Å². The van der Waals surface area contributed by atoms with Crippen LogP contribution in [0, 0.1) is 6.92 Å². The number of carbonyl (C=O) groups is 1. The van der Waals surface area contributed by atoms with Crippen LogP contribution in [0.3, 0.4) is 0 Å². The summed E-state index contributed by atoms with van der Waals surface area (Å²) in [4.78, 5) is 34.9. The van der Waals surface area contributed by atoms with E-state index in [2.05, 4.69) is 32.2 Å². The molecule has 9 heteroatoms. The lowest BCUT2D eigenvalue weighted by Gasteiger charge is -2.27. The number of hydrogen-bond acceptors (Lipinski definition) is 7. The first-order valence-corrected chi connectivity index (χ1v) is 11.8. The number of aryl methyl sites for hydroxylation is 2. The zero-order valence-corrected chi connectivity index (χ0v) is 19.8. The molecule has 0 saturated carbocycles. The highest BCUT2D eigenvalue weighted by molar-refractivity contribution is 5.92. The van der Waals surface area contributed by atoms with Gasteiger partial charge in [-0.05, 0) is 31.5 Å². The first-order chi connectivity index (χ1) is 17.6. The van der Waals surface area contributed by atoms with Gasteiger partial charge >= 0.3 is 6.09 Å². The van der Waals surface area contributed by atoms with E-state index in [0.29, 0.717) is 30.0 Å². The SMILES string of the molecule is CCn1c(-c2cnc(C)nc2)nc2c(-c3ccc4c(c3)C(Cc3ccccc3)OC(=O)N4)ncnc21. The molecule has 0 aliphatic carbocycles. The van der Waals surface area contributed by atoms with E-state index in [1.165, 1.54) is 0 Å². The first-order valence-electron chi connectivity index (χ1n) is 11.8. The average molecular weight is 478 g/mol. The Labute approximate surface area is 207 Å². The molecule has 3 aromatic heterocycles. The van der Waals surface area contributed by atoms with Crippen molar-refractivity contribution in [2.24, 2.45) is 0 Å². The van der Waals surface area contributed by atoms with Crippen LogP contribution in [0.25, 0.3) is 33.8 Å². The first kappa shape index (κ1) is 21.8. The molecule has 9 nitrogen and oxygen atoms in total. The number of carbonyl (C=O) groups excluding carboxylic acids is 1. The van der Waals surface area contributed by atoms with Crippen molar-refractivity contribution in [1.82, 2.24) is 29.5 Å². The normalized spacial score (nSPS) is 14.8. The highest BCUT2D eigenvalue weighted by atomic mass is 16.6. The van der Waals surface area contributed by atoms with E-state index in [1.807, 2.05) is 60.0 Å². The minimum absolute atomic E-state index is 0.415. The molecule has 1 unspecified atom stereocenters. The van der Waals surface area contributed by atoms with Gasteiger partial charge in [-0.15, -0.1) is 0 Å². The van der Waals surface area contributed by atoms with E-state index in [9.17, 15) is 4.79 Å². The van der Waals surface area contributed by atoms with Crippen molar-refractivity contribution in [3.8, 4) is 22.6 Å². The van der Waals surface area contributed by atoms with Gasteiger partial charge in [-0.1, -0.05) is 36.4 Å². The number of cyclic esters (lactones) is 1. The number of anilines is 1. The lowest BCUT2D eigenvalue weighted by molar-refractivity contribution is 0.106. The summed E-state index contributed by atoms with van der Waals surface area (Å²) in [6.07, 6.45) is 4.81. The highest BCUT2D eigenvalue weighted by Crippen LogP contribution is 2.37. The predicted octanol–water partition coefficient (Wildman–Crippen LogP) is 5.12. The summed E-state index contributed by atoms with van der Waals surface area (Å²) in [6, 6.07) is 15.8. The Morgan fingerprint density at radius 2 is 1.81 bits per heavy atom. The van der Waals surface area contributed by atoms with Crippen LogP contribution in [0.5, 0.6) is 0 Å². The summed E-state index contributed by atoms with van der Waals surface area (Å²) in [5.74, 6) is 1.44. The van der Waals surface area contributed by atoms with Crippen molar-refractivity contribution in [3.63, 3.8) is 0 Å². The van der Waals surface area contributed by atoms with E-state index in [4.69, 9.17) is 9.72 Å². The molecule has 1 aliphatic rings. The zero-order valence-electron chi connectivity index (χ0n) is 19.8. The average Bonchev–Trinajstić information content (AvgIpc) is 3.28. The maximum absolute atomic E-state index is 12.2. The van der Waals surface area contributed by atoms with Crippen LogP contribution < -0.4 is 5.32 Å². The van der Waals surface area contributed by atoms with Crippen LogP contribution in [0.1, 0.15) is 30.0 Å². The third kappa shape index (κ3) is 3.84. The fraction of sp³-hybridized carbons (Fsp3) is 0.185. The monoisotopic (exact) mass is 477 g/mol. The van der Waals surface area contributed by atoms with Gasteiger partial charge in [-0.3, -0.25) is 5.32 Å². The second-order valence-electron chi connectivity index (χ2n) is 8.60. The maximum atomic E-state index is 12.2. The molecule has 0 fully saturated rings. The molecule has 36 heavy (non-hydrogen) atoms. The van der Waals surface area contributed by atoms with Gasteiger partial charge in [0.05, 0.1) is 11.3 Å². The molecule has 4 heterocycles. The van der Waals surface area contributed by atoms with E-state index < -0.39 is 12.2 Å². The van der Waals surface area contributed by atoms with Crippen LogP contribution in [0.2, 0.25) is 0 Å². The van der Waals surface area contributed by atoms with Gasteiger partial charge in [0.1, 0.15) is 35.3 Å². The number of nitrogens with zero attached hydrogens (tertiary/aromatic N) is 6. The van der Waals surface area contributed by atoms with Gasteiger partial charge in [-0.25, -0.2) is 29.7 Å². The summed E-state index contributed by atoms with van der Waals surface area (Å²) in [6.45, 7) is 4.58. The quantitative estimate of drug-likeness (QED) is 0.374. The summed E-state index contributed by atoms with van der Waals surface area (Å²) < 4.78 is 7.72. The third-order valence-electron chi connectivity index (χ3n) is 6.31. The number of ether oxygens (including phenoxy) is 1. The summed E-state index contributed by atoms with van der Waals surface area (Å²) in [5, 5.41) is 2.81. The van der Waals surface area contributed by atoms with Crippen LogP contribution in [-0.4, -0.2) is 35.6 Å². The minimum Gasteiger partial charge on any atom is -0.441 e. The predicted molar refractivity (Wildman–Crippen MR) is 135 cm³/mol. The van der Waals surface area contributed by atoms with Gasteiger partial charge < -0.3 is 9.30 Å². The molecule has 5 aromatic rings. The van der Waals surface area contributed by atoms with Gasteiger partial charge in [0, 0.05) is 36.5 Å². The lowest BCUT2D eigenvalue weighted by Crippen LogP contribution is -2.25. The number of aromatic nitrogens is 6. The molecule has 1 atom stereocenters. The number of hydrogen-bond donors (Lipinski definition) is 1. The van der Waals surface area contributed by atoms with Crippen molar-refractivity contribution in [1.29, 1.82) is 0 Å². The number of rotatable bonds is 5. The molecule has 2 aromatic carbocycles. The molecule has 178 valence electrons. The number of fused-ring (bicyclic) bond motifs is 2. The van der Waals surface area contributed by atoms with Gasteiger partial charge in [0.2, 0.25) is 0 Å². The van der Waals surface area contributed by atoms with Crippen molar-refractivity contribution >= 4 is 22.9 Å². The summed E-state index contributed by atoms with van der Waals surface area (Å²) in [5.41, 5.74) is 6.53. The topological polar surface area (TPSA) is 108 Å². The van der Waals surface area contributed by atoms with Crippen LogP contribution in [0.4, 0.5) is 10.5 Å². The standard InChI is InChI=1S/C27H23N7O2/c1-3-34-25(19-13-28-16(2)29-14-19)33-24-23(30-15-31-26(24)34)18-9-10-21-20(12-18)22(36-27(35)32-21)11-17-7-5-4-6-8-17/h4-10,12-15,22H,3,11H2,1-2H3,(H,32,35). The fourth-order valence-electron chi connectivity index (χ4n) is 4.58. The second-order valence-corrected chi connectivity index (χ2v) is 8.60. The Bertz CT molecular complexity index is 1580. The van der Waals surface area contributed by atoms with Crippen LogP contribution in [-0.2, 0) is 17.7 Å². The Morgan fingerprint density at radius 3 is 2.58 bits per heavy atom. The summed E-state index contributed by atoms with van der Waals surface area (Å²) in [7, 11) is 0. The minimum atomic E-state index is -0.452. The van der Waals surface area contributed by atoms with Crippen molar-refractivity contribution in [2.75, 3.05) is 5.32 Å². The van der Waals surface area contributed by atoms with E-state index in [0.717, 1.165) is 39.4 Å². The van der Waals surface area contributed by atoms with Crippen LogP contribution >= 0.6 is 0 Å². The molecular weight excluding hydrogens is 454 g/mol. The largest absolute Gasteiger partial charge is 0.441 e. The van der Waals surface area contributed by atoms with Gasteiger partial charge in [-0.2, -0.15) is 0 Å². The molecular formula is C27H23N7O2. The van der Waals surface area contributed by atoms with Crippen molar-refractivity contribution in [3.05, 3.63) is 84.2 Å². The lowest BCUT2D eigenvalue weighted by atomic mass is 9.96. The Balaban J connectivity index is 1.46. The van der Waals surface area contributed by atoms with E-state index in [-0.39, 0.29) is 0 Å². The maximum Gasteiger partial charge on any atom is 0.412 e.